The molecule has 1 aliphatic heterocycles. The van der Waals surface area contributed by atoms with Crippen LogP contribution in [0, 0.1) is 17.0 Å². The molecule has 1 saturated heterocycles. The van der Waals surface area contributed by atoms with E-state index in [2.05, 4.69) is 11.9 Å². The molecule has 0 aliphatic carbocycles. The van der Waals surface area contributed by atoms with E-state index in [0.717, 1.165) is 56.6 Å². The number of piperazine rings is 1. The minimum Gasteiger partial charge on any atom is -0.491 e. The van der Waals surface area contributed by atoms with E-state index in [4.69, 9.17) is 9.47 Å². The first kappa shape index (κ1) is 31.5. The van der Waals surface area contributed by atoms with E-state index in [1.165, 1.54) is 17.0 Å². The average Bonchev–Trinajstić information content (AvgIpc) is 3.01. The fraction of sp³-hybridized carbons (Fsp3) is 0.394. The van der Waals surface area contributed by atoms with Crippen LogP contribution in [0.3, 0.4) is 0 Å². The fourth-order valence-electron chi connectivity index (χ4n) is 4.99. The third-order valence-corrected chi connectivity index (χ3v) is 7.58. The van der Waals surface area contributed by atoms with Gasteiger partial charge in [-0.15, -0.1) is 0 Å². The van der Waals surface area contributed by atoms with Crippen molar-refractivity contribution in [3.8, 4) is 11.5 Å². The number of likely N-dealkylation sites (N-methyl/N-ethyl adjacent to an activating group) is 1. The van der Waals surface area contributed by atoms with Gasteiger partial charge in [-0.25, -0.2) is 0 Å². The van der Waals surface area contributed by atoms with Crippen molar-refractivity contribution < 1.29 is 24.0 Å². The molecule has 0 N–H and O–H groups in total. The number of ether oxygens (including phenoxy) is 2. The highest BCUT2D eigenvalue weighted by Gasteiger charge is 2.29. The molecule has 2 amide bonds. The fourth-order valence-corrected chi connectivity index (χ4v) is 4.99. The van der Waals surface area contributed by atoms with E-state index >= 15 is 0 Å². The quantitative estimate of drug-likeness (QED) is 0.148. The molecule has 0 bridgehead atoms. The second-order valence-corrected chi connectivity index (χ2v) is 10.9. The van der Waals surface area contributed by atoms with Crippen molar-refractivity contribution in [2.75, 3.05) is 51.8 Å². The van der Waals surface area contributed by atoms with Crippen LogP contribution in [0.15, 0.2) is 66.7 Å². The van der Waals surface area contributed by atoms with Crippen molar-refractivity contribution >= 4 is 23.2 Å². The van der Waals surface area contributed by atoms with Crippen LogP contribution in [0.25, 0.3) is 0 Å². The number of hydrogen-bond acceptors (Lipinski definition) is 7. The Kier molecular flexibility index (Phi) is 11.1. The largest absolute Gasteiger partial charge is 0.491 e. The lowest BCUT2D eigenvalue weighted by atomic mass is 10.1. The van der Waals surface area contributed by atoms with Crippen molar-refractivity contribution in [1.82, 2.24) is 9.80 Å². The van der Waals surface area contributed by atoms with Crippen LogP contribution < -0.4 is 14.4 Å². The molecule has 0 aromatic heterocycles. The summed E-state index contributed by atoms with van der Waals surface area (Å²) in [5.41, 5.74) is 1.87. The van der Waals surface area contributed by atoms with Crippen LogP contribution in [0.5, 0.6) is 11.5 Å². The number of aryl methyl sites for hydroxylation is 1. The van der Waals surface area contributed by atoms with Crippen LogP contribution in [0.2, 0.25) is 0 Å². The molecule has 43 heavy (non-hydrogen) atoms. The molecule has 0 spiro atoms. The molecule has 10 heteroatoms. The maximum atomic E-state index is 13.6. The number of para-hydroxylation sites is 1. The first-order valence-electron chi connectivity index (χ1n) is 14.7. The highest BCUT2D eigenvalue weighted by molar-refractivity contribution is 6.09. The smallest absolute Gasteiger partial charge is 0.323 e. The Morgan fingerprint density at radius 1 is 0.907 bits per heavy atom. The summed E-state index contributed by atoms with van der Waals surface area (Å²) in [6.45, 7) is 5.89. The van der Waals surface area contributed by atoms with E-state index in [1.54, 1.807) is 19.2 Å². The van der Waals surface area contributed by atoms with Crippen molar-refractivity contribution in [2.24, 2.45) is 0 Å². The number of nitro groups is 1. The van der Waals surface area contributed by atoms with Gasteiger partial charge in [0, 0.05) is 39.6 Å². The van der Waals surface area contributed by atoms with E-state index in [0.29, 0.717) is 24.5 Å². The number of rotatable bonds is 13. The normalized spacial score (nSPS) is 13.4. The molecule has 0 radical (unpaired) electrons. The Hall–Kier alpha value is -4.44. The molecule has 3 aromatic carbocycles. The molecule has 4 rings (SSSR count). The highest BCUT2D eigenvalue weighted by atomic mass is 16.6. The minimum atomic E-state index is -0.581. The maximum Gasteiger partial charge on any atom is 0.323 e. The van der Waals surface area contributed by atoms with Crippen molar-refractivity contribution in [2.45, 2.75) is 39.2 Å². The van der Waals surface area contributed by atoms with E-state index in [9.17, 15) is 19.7 Å². The Bertz CT molecular complexity index is 1410. The summed E-state index contributed by atoms with van der Waals surface area (Å²) in [5.74, 6) is 0.204. The van der Waals surface area contributed by atoms with Crippen LogP contribution >= 0.6 is 0 Å². The number of anilines is 1. The van der Waals surface area contributed by atoms with Crippen LogP contribution in [0.1, 0.15) is 47.2 Å². The minimum absolute atomic E-state index is 0.0274. The Balaban J connectivity index is 1.37. The summed E-state index contributed by atoms with van der Waals surface area (Å²) in [6.07, 6.45) is 2.92. The lowest BCUT2D eigenvalue weighted by Gasteiger charge is -2.32. The van der Waals surface area contributed by atoms with Crippen LogP contribution in [-0.2, 0) is 11.4 Å². The molecule has 1 heterocycles. The predicted molar refractivity (Wildman–Crippen MR) is 166 cm³/mol. The summed E-state index contributed by atoms with van der Waals surface area (Å²) in [5, 5.41) is 12.1. The summed E-state index contributed by atoms with van der Waals surface area (Å²) >= 11 is 0. The number of carbonyl (C=O) groups excluding carboxylic acids is 2. The topological polar surface area (TPSA) is 105 Å². The van der Waals surface area contributed by atoms with Gasteiger partial charge in [0.2, 0.25) is 5.91 Å². The molecule has 0 unspecified atom stereocenters. The zero-order chi connectivity index (χ0) is 30.8. The van der Waals surface area contributed by atoms with Gasteiger partial charge in [-0.2, -0.15) is 0 Å². The van der Waals surface area contributed by atoms with Gasteiger partial charge in [-0.3, -0.25) is 19.7 Å². The maximum absolute atomic E-state index is 13.6. The molecule has 1 aliphatic rings. The van der Waals surface area contributed by atoms with Gasteiger partial charge in [0.05, 0.1) is 17.2 Å². The summed E-state index contributed by atoms with van der Waals surface area (Å²) < 4.78 is 11.9. The monoisotopic (exact) mass is 588 g/mol. The third-order valence-electron chi connectivity index (χ3n) is 7.58. The Labute approximate surface area is 252 Å². The molecular formula is C33H40N4O6. The second-order valence-electron chi connectivity index (χ2n) is 10.9. The third kappa shape index (κ3) is 8.54. The van der Waals surface area contributed by atoms with Gasteiger partial charge < -0.3 is 24.2 Å². The number of benzene rings is 3. The number of carbonyl (C=O) groups is 2. The zero-order valence-corrected chi connectivity index (χ0v) is 25.2. The summed E-state index contributed by atoms with van der Waals surface area (Å²) in [4.78, 5) is 43.2. The second kappa shape index (κ2) is 15.2. The first-order chi connectivity index (χ1) is 20.7. The number of hydrogen-bond donors (Lipinski definition) is 0. The standard InChI is InChI=1S/C33H40N4O6/c1-25-16-17-28(30(23-25)42-22-9-5-8-15-31(38)36-20-18-34(2)19-21-36)35(3)33(39)27-13-10-14-29(32(27)37(40)41)43-24-26-11-6-4-7-12-26/h4,6-7,10-14,16-17,23H,5,8-9,15,18-22,24H2,1-3H3. The van der Waals surface area contributed by atoms with Crippen LogP contribution in [-0.4, -0.2) is 73.4 Å². The van der Waals surface area contributed by atoms with E-state index in [-0.39, 0.29) is 29.5 Å². The first-order valence-corrected chi connectivity index (χ1v) is 14.7. The van der Waals surface area contributed by atoms with Gasteiger partial charge in [0.25, 0.3) is 5.91 Å². The number of amides is 2. The Morgan fingerprint density at radius 2 is 1.65 bits per heavy atom. The van der Waals surface area contributed by atoms with Gasteiger partial charge >= 0.3 is 5.69 Å². The Morgan fingerprint density at radius 3 is 2.37 bits per heavy atom. The van der Waals surface area contributed by atoms with Gasteiger partial charge in [-0.1, -0.05) is 42.5 Å². The lowest BCUT2D eigenvalue weighted by Crippen LogP contribution is -2.47. The molecular weight excluding hydrogens is 548 g/mol. The number of nitro benzene ring substituents is 1. The van der Waals surface area contributed by atoms with Gasteiger partial charge in [0.1, 0.15) is 17.9 Å². The number of unbranched alkanes of at least 4 members (excludes halogenated alkanes) is 2. The zero-order valence-electron chi connectivity index (χ0n) is 25.2. The summed E-state index contributed by atoms with van der Waals surface area (Å²) in [7, 11) is 3.64. The lowest BCUT2D eigenvalue weighted by molar-refractivity contribution is -0.386. The molecule has 3 aromatic rings. The molecule has 228 valence electrons. The molecule has 10 nitrogen and oxygen atoms in total. The molecule has 0 saturated carbocycles. The van der Waals surface area contributed by atoms with E-state index in [1.807, 2.05) is 54.3 Å². The van der Waals surface area contributed by atoms with Crippen molar-refractivity contribution in [1.29, 1.82) is 0 Å². The van der Waals surface area contributed by atoms with E-state index < -0.39 is 10.8 Å². The molecule has 1 fully saturated rings. The van der Waals surface area contributed by atoms with Gasteiger partial charge in [0.15, 0.2) is 5.75 Å². The predicted octanol–water partition coefficient (Wildman–Crippen LogP) is 5.47. The highest BCUT2D eigenvalue weighted by Crippen LogP contribution is 2.35. The van der Waals surface area contributed by atoms with Crippen LogP contribution in [0.4, 0.5) is 11.4 Å². The molecule has 0 atom stereocenters. The van der Waals surface area contributed by atoms with Crippen molar-refractivity contribution in [3.05, 3.63) is 93.5 Å². The average molecular weight is 589 g/mol. The van der Waals surface area contributed by atoms with Gasteiger partial charge in [-0.05, 0) is 68.6 Å². The number of nitrogens with zero attached hydrogens (tertiary/aromatic N) is 4. The SMILES string of the molecule is Cc1ccc(N(C)C(=O)c2cccc(OCc3ccccc3)c2[N+](=O)[O-])c(OCCCCCC(=O)N2CCN(C)CC2)c1. The summed E-state index contributed by atoms with van der Waals surface area (Å²) in [6, 6.07) is 19.3. The van der Waals surface area contributed by atoms with Crippen molar-refractivity contribution in [3.63, 3.8) is 0 Å².